The van der Waals surface area contributed by atoms with E-state index in [9.17, 15) is 9.59 Å². The molecule has 132 valence electrons. The maximum atomic E-state index is 11.4. The van der Waals surface area contributed by atoms with Crippen molar-refractivity contribution in [1.29, 1.82) is 0 Å². The van der Waals surface area contributed by atoms with Gasteiger partial charge in [0.15, 0.2) is 0 Å². The first-order chi connectivity index (χ1) is 12.4. The van der Waals surface area contributed by atoms with E-state index in [0.717, 1.165) is 20.8 Å². The van der Waals surface area contributed by atoms with Gasteiger partial charge in [-0.15, -0.1) is 0 Å². The summed E-state index contributed by atoms with van der Waals surface area (Å²) in [6, 6.07) is 11.1. The number of hydrogen-bond acceptors (Lipinski definition) is 2. The molecule has 2 N–H and O–H groups in total. The van der Waals surface area contributed by atoms with Gasteiger partial charge in [-0.1, -0.05) is 62.9 Å². The van der Waals surface area contributed by atoms with Gasteiger partial charge in [0.05, 0.1) is 10.0 Å². The minimum atomic E-state index is -0.124. The zero-order valence-electron chi connectivity index (χ0n) is 13.6. The van der Waals surface area contributed by atoms with Crippen LogP contribution in [0.4, 0.5) is 0 Å². The van der Waals surface area contributed by atoms with Gasteiger partial charge in [-0.2, -0.15) is 0 Å². The van der Waals surface area contributed by atoms with Gasteiger partial charge in [0.2, 0.25) is 0 Å². The van der Waals surface area contributed by atoms with Crippen LogP contribution in [-0.4, -0.2) is 9.97 Å². The van der Waals surface area contributed by atoms with Crippen LogP contribution in [0.2, 0.25) is 10.0 Å². The van der Waals surface area contributed by atoms with E-state index in [1.165, 1.54) is 12.4 Å². The van der Waals surface area contributed by atoms with Crippen LogP contribution in [0.5, 0.6) is 0 Å². The van der Waals surface area contributed by atoms with Crippen LogP contribution in [0.3, 0.4) is 0 Å². The molecular weight excluding hydrogens is 439 g/mol. The van der Waals surface area contributed by atoms with Crippen molar-refractivity contribution in [2.75, 3.05) is 0 Å². The number of halogens is 3. The Balaban J connectivity index is 0.000000151. The molecule has 0 saturated carbocycles. The van der Waals surface area contributed by atoms with Crippen molar-refractivity contribution in [2.24, 2.45) is 0 Å². The fourth-order valence-electron chi connectivity index (χ4n) is 2.54. The molecule has 0 saturated heterocycles. The third-order valence-corrected chi connectivity index (χ3v) is 4.94. The summed E-state index contributed by atoms with van der Waals surface area (Å²) in [6.07, 6.45) is 3.02. The van der Waals surface area contributed by atoms with Gasteiger partial charge < -0.3 is 9.97 Å². The molecule has 4 rings (SSSR count). The number of rotatable bonds is 0. The predicted molar refractivity (Wildman–Crippen MR) is 112 cm³/mol. The molecule has 0 atom stereocenters. The number of nitrogens with one attached hydrogen (secondary N) is 2. The van der Waals surface area contributed by atoms with Gasteiger partial charge in [0.25, 0.3) is 11.1 Å². The lowest BCUT2D eigenvalue weighted by Gasteiger charge is -1.99. The molecule has 0 amide bonds. The van der Waals surface area contributed by atoms with Crippen LogP contribution in [-0.2, 0) is 0 Å². The summed E-state index contributed by atoms with van der Waals surface area (Å²) in [5.41, 5.74) is 0.837. The lowest BCUT2D eigenvalue weighted by Crippen LogP contribution is -2.04. The van der Waals surface area contributed by atoms with Crippen LogP contribution < -0.4 is 11.1 Å². The number of benzene rings is 2. The molecule has 26 heavy (non-hydrogen) atoms. The number of H-pyrrole nitrogens is 2. The van der Waals surface area contributed by atoms with Crippen molar-refractivity contribution in [3.63, 3.8) is 0 Å². The Labute approximate surface area is 166 Å². The van der Waals surface area contributed by atoms with Gasteiger partial charge >= 0.3 is 0 Å². The zero-order valence-corrected chi connectivity index (χ0v) is 16.7. The first kappa shape index (κ1) is 18.7. The number of aromatic nitrogens is 2. The van der Waals surface area contributed by atoms with Crippen molar-refractivity contribution < 1.29 is 0 Å². The Morgan fingerprint density at radius 3 is 1.85 bits per heavy atom. The van der Waals surface area contributed by atoms with Crippen molar-refractivity contribution in [1.82, 2.24) is 9.97 Å². The molecule has 0 radical (unpaired) electrons. The molecule has 7 heteroatoms. The first-order valence-corrected chi connectivity index (χ1v) is 9.15. The van der Waals surface area contributed by atoms with E-state index in [-0.39, 0.29) is 11.1 Å². The van der Waals surface area contributed by atoms with Crippen LogP contribution in [0.15, 0.2) is 62.9 Å². The Morgan fingerprint density at radius 2 is 1.27 bits per heavy atom. The summed E-state index contributed by atoms with van der Waals surface area (Å²) in [5, 5.41) is 3.95. The average molecular weight is 452 g/mol. The van der Waals surface area contributed by atoms with Crippen molar-refractivity contribution in [3.05, 3.63) is 89.6 Å². The SMILES string of the molecule is Cc1ccc2c(Cl)c[nH]c(=O)c2c1.O=c1[nH]cc(Cl)c2ccc(Br)cc12. The summed E-state index contributed by atoms with van der Waals surface area (Å²) in [5.74, 6) is 0. The molecular formula is C19H13BrCl2N2O2. The zero-order chi connectivity index (χ0) is 18.8. The predicted octanol–water partition coefficient (Wildman–Crippen LogP) is 5.43. The van der Waals surface area contributed by atoms with Gasteiger partial charge in [0.1, 0.15) is 0 Å². The van der Waals surface area contributed by atoms with Crippen LogP contribution in [0, 0.1) is 6.92 Å². The minimum absolute atomic E-state index is 0.0944. The number of pyridine rings is 2. The summed E-state index contributed by atoms with van der Waals surface area (Å²) in [6.45, 7) is 1.94. The first-order valence-electron chi connectivity index (χ1n) is 7.61. The molecule has 0 aliphatic heterocycles. The maximum absolute atomic E-state index is 11.4. The second-order valence-electron chi connectivity index (χ2n) is 5.67. The highest BCUT2D eigenvalue weighted by Crippen LogP contribution is 2.22. The average Bonchev–Trinajstić information content (AvgIpc) is 2.62. The van der Waals surface area contributed by atoms with E-state index in [4.69, 9.17) is 23.2 Å². The lowest BCUT2D eigenvalue weighted by molar-refractivity contribution is 1.27. The fourth-order valence-corrected chi connectivity index (χ4v) is 3.34. The quantitative estimate of drug-likeness (QED) is 0.374. The number of aryl methyl sites for hydroxylation is 1. The molecule has 2 aromatic carbocycles. The Kier molecular flexibility index (Phi) is 5.51. The topological polar surface area (TPSA) is 65.7 Å². The van der Waals surface area contributed by atoms with E-state index in [0.29, 0.717) is 20.8 Å². The van der Waals surface area contributed by atoms with Gasteiger partial charge in [-0.25, -0.2) is 0 Å². The van der Waals surface area contributed by atoms with Crippen LogP contribution in [0.25, 0.3) is 21.5 Å². The molecule has 0 spiro atoms. The second-order valence-corrected chi connectivity index (χ2v) is 7.40. The Bertz CT molecular complexity index is 1130. The van der Waals surface area contributed by atoms with Crippen LogP contribution >= 0.6 is 39.1 Å². The highest BCUT2D eigenvalue weighted by Gasteiger charge is 2.03. The Morgan fingerprint density at radius 1 is 0.769 bits per heavy atom. The largest absolute Gasteiger partial charge is 0.327 e. The smallest absolute Gasteiger partial charge is 0.255 e. The van der Waals surface area contributed by atoms with E-state index < -0.39 is 0 Å². The number of aromatic amines is 2. The van der Waals surface area contributed by atoms with Crippen molar-refractivity contribution in [2.45, 2.75) is 6.92 Å². The van der Waals surface area contributed by atoms with Gasteiger partial charge in [-0.05, 0) is 25.1 Å². The van der Waals surface area contributed by atoms with E-state index in [1.807, 2.05) is 37.3 Å². The van der Waals surface area contributed by atoms with E-state index in [1.54, 1.807) is 6.07 Å². The normalized spacial score (nSPS) is 10.6. The van der Waals surface area contributed by atoms with Gasteiger partial charge in [-0.3, -0.25) is 9.59 Å². The van der Waals surface area contributed by atoms with Crippen LogP contribution in [0.1, 0.15) is 5.56 Å². The molecule has 0 unspecified atom stereocenters. The molecule has 0 fully saturated rings. The summed E-state index contributed by atoms with van der Waals surface area (Å²) >= 11 is 15.1. The van der Waals surface area contributed by atoms with Gasteiger partial charge in [0, 0.05) is 38.4 Å². The molecule has 0 aliphatic carbocycles. The monoisotopic (exact) mass is 450 g/mol. The third kappa shape index (κ3) is 3.85. The highest BCUT2D eigenvalue weighted by atomic mass is 79.9. The van der Waals surface area contributed by atoms with E-state index in [2.05, 4.69) is 25.9 Å². The molecule has 0 bridgehead atoms. The molecule has 2 aromatic heterocycles. The lowest BCUT2D eigenvalue weighted by atomic mass is 10.1. The number of hydrogen-bond donors (Lipinski definition) is 2. The minimum Gasteiger partial charge on any atom is -0.327 e. The second kappa shape index (κ2) is 7.66. The third-order valence-electron chi connectivity index (χ3n) is 3.82. The molecule has 0 aliphatic rings. The summed E-state index contributed by atoms with van der Waals surface area (Å²) in [7, 11) is 0. The maximum Gasteiger partial charge on any atom is 0.255 e. The number of fused-ring (bicyclic) bond motifs is 2. The summed E-state index contributed by atoms with van der Waals surface area (Å²) < 4.78 is 0.868. The van der Waals surface area contributed by atoms with Crippen molar-refractivity contribution in [3.8, 4) is 0 Å². The highest BCUT2D eigenvalue weighted by molar-refractivity contribution is 9.10. The standard InChI is InChI=1S/C10H8ClNO.C9H5BrClNO/c1-6-2-3-7-8(4-6)10(13)12-5-9(7)11;10-5-1-2-6-7(3-5)9(13)12-4-8(6)11/h2-5H,1H3,(H,12,13);1-4H,(H,12,13). The van der Waals surface area contributed by atoms with Crippen molar-refractivity contribution >= 4 is 60.7 Å². The molecule has 2 heterocycles. The molecule has 4 nitrogen and oxygen atoms in total. The van der Waals surface area contributed by atoms with E-state index >= 15 is 0 Å². The fraction of sp³-hybridized carbons (Fsp3) is 0.0526. The molecule has 4 aromatic rings. The Hall–Kier alpha value is -2.08. The summed E-state index contributed by atoms with van der Waals surface area (Å²) in [4.78, 5) is 27.9.